The molecule has 1 aromatic carbocycles. The Balaban J connectivity index is 1.77. The van der Waals surface area contributed by atoms with Crippen LogP contribution in [-0.2, 0) is 42.8 Å². The van der Waals surface area contributed by atoms with Gasteiger partial charge < -0.3 is 58.7 Å². The Bertz CT molecular complexity index is 2180. The fraction of sp³-hybridized carbons (Fsp3) is 0.644. The molecule has 0 radical (unpaired) electrons. The molecule has 0 spiro atoms. The van der Waals surface area contributed by atoms with E-state index in [0.29, 0.717) is 5.57 Å². The van der Waals surface area contributed by atoms with Crippen LogP contribution in [0.2, 0.25) is 0 Å². The lowest BCUT2D eigenvalue weighted by Crippen LogP contribution is -2.82. The monoisotopic (exact) mass is 940 g/mol. The molecule has 11 atom stereocenters. The Morgan fingerprint density at radius 2 is 1.65 bits per heavy atom. The number of Topliss-reactive ketones (excluding diaryl/α,β-unsaturated/α-hetero) is 1. The van der Waals surface area contributed by atoms with Crippen molar-refractivity contribution in [2.24, 2.45) is 16.7 Å². The maximum atomic E-state index is 15.7. The molecule has 1 aliphatic heterocycles. The largest absolute Gasteiger partial charge is 0.573 e. The van der Waals surface area contributed by atoms with Crippen molar-refractivity contribution in [2.75, 3.05) is 20.7 Å². The van der Waals surface area contributed by atoms with Crippen LogP contribution in [0, 0.1) is 16.7 Å². The third-order valence-electron chi connectivity index (χ3n) is 12.8. The molecule has 4 N–H and O–H groups in total. The van der Waals surface area contributed by atoms with Gasteiger partial charge in [-0.3, -0.25) is 9.59 Å². The Morgan fingerprint density at radius 1 is 1.02 bits per heavy atom. The van der Waals surface area contributed by atoms with E-state index in [9.17, 15) is 52.5 Å². The van der Waals surface area contributed by atoms with Gasteiger partial charge in [0, 0.05) is 39.3 Å². The second kappa shape index (κ2) is 18.1. The number of ketones is 1. The number of allylic oxidation sites excluding steroid dienone is 1. The Kier molecular flexibility index (Phi) is 14.2. The first kappa shape index (κ1) is 51.7. The van der Waals surface area contributed by atoms with Crippen molar-refractivity contribution in [3.63, 3.8) is 0 Å². The summed E-state index contributed by atoms with van der Waals surface area (Å²) in [6, 6.07) is 2.36. The predicted molar refractivity (Wildman–Crippen MR) is 222 cm³/mol. The molecule has 0 unspecified atom stereocenters. The minimum absolute atomic E-state index is 0.0305. The highest BCUT2D eigenvalue weighted by molar-refractivity contribution is 5.95. The summed E-state index contributed by atoms with van der Waals surface area (Å²) in [5.74, 6) is -7.27. The number of carbonyl (C=O) groups excluding carboxylic acids is 6. The number of alkyl halides is 3. The molecule has 1 aromatic rings. The van der Waals surface area contributed by atoms with Crippen molar-refractivity contribution in [3.8, 4) is 5.75 Å². The number of alkyl carbamates (subject to hydrolysis) is 1. The van der Waals surface area contributed by atoms with Crippen LogP contribution in [-0.4, -0.2) is 143 Å². The minimum atomic E-state index is -5.16. The maximum absolute atomic E-state index is 15.7. The van der Waals surface area contributed by atoms with Crippen LogP contribution in [0.5, 0.6) is 5.75 Å². The maximum Gasteiger partial charge on any atom is 0.573 e. The van der Waals surface area contributed by atoms with Gasteiger partial charge in [-0.2, -0.15) is 0 Å². The second-order valence-electron chi connectivity index (χ2n) is 19.4. The number of fused-ring (bicyclic) bond motifs is 5. The third kappa shape index (κ3) is 9.75. The van der Waals surface area contributed by atoms with Gasteiger partial charge in [0.25, 0.3) is 0 Å². The smallest absolute Gasteiger partial charge is 0.456 e. The molecule has 2 saturated carbocycles. The molecule has 0 aromatic heterocycles. The molecule has 5 rings (SSSR count). The molecule has 3 fully saturated rings. The summed E-state index contributed by atoms with van der Waals surface area (Å²) in [6.07, 6.45) is -17.8. The van der Waals surface area contributed by atoms with Crippen LogP contribution in [0.1, 0.15) is 92.4 Å². The summed E-state index contributed by atoms with van der Waals surface area (Å²) in [5.41, 5.74) is -9.84. The number of esters is 3. The van der Waals surface area contributed by atoms with Gasteiger partial charge in [0.2, 0.25) is 0 Å². The molecule has 1 heterocycles. The number of amides is 2. The Morgan fingerprint density at radius 3 is 2.18 bits per heavy atom. The molecule has 2 amide bonds. The SMILES string of the molecule is CC(=O)O[C@@]12CO[C@@H]1C[C@H](O)[C@@]1(C)C(=O)[C@H](OC(=O)N(C)C)C3=C(C)[C@@H](OC(=O)[C@H](O)[C@H](C=C(C)C)NC(=O)OC(C)(C)C)C[C@@](O)([C@@H](OC(=O)c4cccc(OC(F)(F)F)c4)[C@H]21)C3(C)C. The van der Waals surface area contributed by atoms with Gasteiger partial charge in [-0.15, -0.1) is 13.2 Å². The van der Waals surface area contributed by atoms with Crippen LogP contribution in [0.3, 0.4) is 0 Å². The number of aliphatic hydroxyl groups excluding tert-OH is 2. The fourth-order valence-electron chi connectivity index (χ4n) is 9.67. The van der Waals surface area contributed by atoms with Gasteiger partial charge >= 0.3 is 36.5 Å². The van der Waals surface area contributed by atoms with E-state index in [1.54, 1.807) is 34.6 Å². The topological polar surface area (TPSA) is 243 Å². The fourth-order valence-corrected chi connectivity index (χ4v) is 9.67. The van der Waals surface area contributed by atoms with Crippen LogP contribution in [0.4, 0.5) is 22.8 Å². The summed E-state index contributed by atoms with van der Waals surface area (Å²) in [4.78, 5) is 84.7. The number of hydrogen-bond donors (Lipinski definition) is 4. The summed E-state index contributed by atoms with van der Waals surface area (Å²) >= 11 is 0. The predicted octanol–water partition coefficient (Wildman–Crippen LogP) is 4.46. The normalized spacial score (nSPS) is 31.1. The number of aliphatic hydroxyl groups is 3. The van der Waals surface area contributed by atoms with E-state index in [0.717, 1.165) is 36.1 Å². The molecule has 366 valence electrons. The van der Waals surface area contributed by atoms with Crippen LogP contribution in [0.25, 0.3) is 0 Å². The van der Waals surface area contributed by atoms with E-state index >= 15 is 4.79 Å². The number of nitrogens with one attached hydrogen (secondary N) is 1. The lowest BCUT2D eigenvalue weighted by molar-refractivity contribution is -0.345. The van der Waals surface area contributed by atoms with Gasteiger partial charge in [-0.05, 0) is 77.8 Å². The van der Waals surface area contributed by atoms with E-state index in [1.807, 2.05) is 0 Å². The summed E-state index contributed by atoms with van der Waals surface area (Å²) in [7, 11) is 2.66. The highest BCUT2D eigenvalue weighted by Crippen LogP contribution is 2.64. The zero-order chi connectivity index (χ0) is 49.9. The van der Waals surface area contributed by atoms with E-state index in [2.05, 4.69) is 10.1 Å². The van der Waals surface area contributed by atoms with Crippen molar-refractivity contribution in [1.29, 1.82) is 0 Å². The summed E-state index contributed by atoms with van der Waals surface area (Å²) in [5, 5.41) is 39.8. The molecular formula is C45H59F3N2O16. The Labute approximate surface area is 379 Å². The summed E-state index contributed by atoms with van der Waals surface area (Å²) < 4.78 is 79.3. The zero-order valence-corrected chi connectivity index (χ0v) is 38.9. The second-order valence-corrected chi connectivity index (χ2v) is 19.4. The van der Waals surface area contributed by atoms with E-state index in [4.69, 9.17) is 28.4 Å². The summed E-state index contributed by atoms with van der Waals surface area (Å²) in [6.45, 7) is 14.2. The average Bonchev–Trinajstić information content (AvgIpc) is 3.16. The first-order valence-corrected chi connectivity index (χ1v) is 21.1. The van der Waals surface area contributed by atoms with Gasteiger partial charge in [0.15, 0.2) is 23.6 Å². The highest BCUT2D eigenvalue weighted by Gasteiger charge is 2.78. The van der Waals surface area contributed by atoms with Crippen molar-refractivity contribution in [2.45, 2.75) is 148 Å². The number of ether oxygens (including phenoxy) is 7. The van der Waals surface area contributed by atoms with Crippen molar-refractivity contribution in [1.82, 2.24) is 10.2 Å². The van der Waals surface area contributed by atoms with Crippen LogP contribution < -0.4 is 10.1 Å². The van der Waals surface area contributed by atoms with Crippen molar-refractivity contribution < 1.29 is 90.4 Å². The van der Waals surface area contributed by atoms with Gasteiger partial charge in [0.1, 0.15) is 35.3 Å². The third-order valence-corrected chi connectivity index (χ3v) is 12.8. The lowest BCUT2D eigenvalue weighted by atomic mass is 9.44. The number of carbonyl (C=O) groups is 6. The van der Waals surface area contributed by atoms with Gasteiger partial charge in [-0.1, -0.05) is 31.6 Å². The molecule has 66 heavy (non-hydrogen) atoms. The quantitative estimate of drug-likeness (QED) is 0.144. The van der Waals surface area contributed by atoms with Crippen molar-refractivity contribution in [3.05, 3.63) is 52.6 Å². The standard InChI is InChI=1S/C45H59F3N2O16/c1-21(2)16-26(49-38(57)66-40(5,6)7)31(53)37(56)61-27-19-44(59)35(63-36(55)24-14-13-15-25(17-24)65-45(46,47)48)33-42(10,28(52)18-29-43(33,20-60-29)64-23(4)51)34(54)32(62-39(58)50(11)12)30(22(27)3)41(44,8)9/h13-17,26-29,31-33,35,52-53,59H,18-20H2,1-12H3,(H,49,57)/t26-,27-,28-,29+,31+,32+,33-,35-,42+,43-,44+/m0/s1. The molecule has 4 aliphatic rings. The molecular weight excluding hydrogens is 881 g/mol. The van der Waals surface area contributed by atoms with Gasteiger partial charge in [0.05, 0.1) is 35.6 Å². The highest BCUT2D eigenvalue weighted by atomic mass is 19.4. The molecule has 3 aliphatic carbocycles. The van der Waals surface area contributed by atoms with E-state index in [1.165, 1.54) is 47.9 Å². The lowest BCUT2D eigenvalue weighted by Gasteiger charge is -2.67. The minimum Gasteiger partial charge on any atom is -0.456 e. The van der Waals surface area contributed by atoms with Crippen LogP contribution >= 0.6 is 0 Å². The van der Waals surface area contributed by atoms with Crippen LogP contribution in [0.15, 0.2) is 47.1 Å². The molecule has 1 saturated heterocycles. The molecule has 2 bridgehead atoms. The number of benzene rings is 1. The first-order chi connectivity index (χ1) is 30.2. The zero-order valence-electron chi connectivity index (χ0n) is 38.9. The van der Waals surface area contributed by atoms with E-state index in [-0.39, 0.29) is 17.6 Å². The first-order valence-electron chi connectivity index (χ1n) is 21.1. The van der Waals surface area contributed by atoms with E-state index < -0.39 is 143 Å². The number of hydrogen-bond acceptors (Lipinski definition) is 16. The van der Waals surface area contributed by atoms with Gasteiger partial charge in [-0.25, -0.2) is 19.2 Å². The number of rotatable bonds is 10. The molecule has 18 nitrogen and oxygen atoms in total. The van der Waals surface area contributed by atoms with Crippen molar-refractivity contribution >= 4 is 35.9 Å². The average molecular weight is 941 g/mol. The number of nitrogens with zero attached hydrogens (tertiary/aromatic N) is 1. The molecule has 21 heteroatoms. The number of halogens is 3. The Hall–Kier alpha value is -5.25.